The Hall–Kier alpha value is -1.14. The number of rotatable bonds is 10. The van der Waals surface area contributed by atoms with Crippen molar-refractivity contribution in [3.8, 4) is 0 Å². The van der Waals surface area contributed by atoms with Crippen LogP contribution in [0, 0.1) is 5.92 Å². The normalized spacial score (nSPS) is 12.1. The largest absolute Gasteiger partial charge is 0.481 e. The molecule has 0 fully saturated rings. The average molecular weight is 247 g/mol. The SMILES string of the molecule is CC(CC(=O)O)CC(=O)NCCCOCCO. The Balaban J connectivity index is 3.43. The van der Waals surface area contributed by atoms with Crippen molar-refractivity contribution in [1.29, 1.82) is 0 Å². The first kappa shape index (κ1) is 15.9. The van der Waals surface area contributed by atoms with Crippen LogP contribution in [0.3, 0.4) is 0 Å². The number of hydrogen-bond donors (Lipinski definition) is 3. The number of carbonyl (C=O) groups is 2. The molecule has 17 heavy (non-hydrogen) atoms. The molecule has 0 aromatic heterocycles. The van der Waals surface area contributed by atoms with Crippen molar-refractivity contribution in [2.24, 2.45) is 5.92 Å². The van der Waals surface area contributed by atoms with Gasteiger partial charge in [-0.15, -0.1) is 0 Å². The Morgan fingerprint density at radius 3 is 2.59 bits per heavy atom. The quantitative estimate of drug-likeness (QED) is 0.472. The Bertz CT molecular complexity index is 232. The summed E-state index contributed by atoms with van der Waals surface area (Å²) >= 11 is 0. The molecule has 3 N–H and O–H groups in total. The molecule has 0 saturated carbocycles. The van der Waals surface area contributed by atoms with Crippen LogP contribution in [0.25, 0.3) is 0 Å². The maximum Gasteiger partial charge on any atom is 0.303 e. The number of aliphatic hydroxyl groups is 1. The second kappa shape index (κ2) is 10.0. The van der Waals surface area contributed by atoms with Crippen molar-refractivity contribution in [2.75, 3.05) is 26.4 Å². The number of nitrogens with one attached hydrogen (secondary N) is 1. The molecule has 0 aromatic rings. The van der Waals surface area contributed by atoms with E-state index in [0.29, 0.717) is 26.2 Å². The molecule has 0 radical (unpaired) electrons. The molecule has 0 rings (SSSR count). The molecule has 0 heterocycles. The number of carboxylic acid groups (broad SMARTS) is 1. The van der Waals surface area contributed by atoms with E-state index in [1.807, 2.05) is 0 Å². The van der Waals surface area contributed by atoms with Crippen molar-refractivity contribution >= 4 is 11.9 Å². The zero-order valence-electron chi connectivity index (χ0n) is 10.1. The number of aliphatic hydroxyl groups excluding tert-OH is 1. The summed E-state index contributed by atoms with van der Waals surface area (Å²) in [6.45, 7) is 3.04. The third kappa shape index (κ3) is 11.1. The number of hydrogen-bond acceptors (Lipinski definition) is 4. The summed E-state index contributed by atoms with van der Waals surface area (Å²) in [4.78, 5) is 21.7. The Morgan fingerprint density at radius 1 is 1.29 bits per heavy atom. The lowest BCUT2D eigenvalue weighted by molar-refractivity contribution is -0.138. The maximum atomic E-state index is 11.3. The zero-order chi connectivity index (χ0) is 13.1. The van der Waals surface area contributed by atoms with Gasteiger partial charge in [0.25, 0.3) is 0 Å². The highest BCUT2D eigenvalue weighted by Crippen LogP contribution is 2.06. The maximum absolute atomic E-state index is 11.3. The van der Waals surface area contributed by atoms with Crippen LogP contribution < -0.4 is 5.32 Å². The number of ether oxygens (including phenoxy) is 1. The van der Waals surface area contributed by atoms with Crippen molar-refractivity contribution in [2.45, 2.75) is 26.2 Å². The second-order valence-electron chi connectivity index (χ2n) is 3.95. The van der Waals surface area contributed by atoms with Crippen LogP contribution in [-0.2, 0) is 14.3 Å². The van der Waals surface area contributed by atoms with E-state index in [1.165, 1.54) is 0 Å². The molecule has 6 heteroatoms. The van der Waals surface area contributed by atoms with Crippen LogP contribution in [0.4, 0.5) is 0 Å². The monoisotopic (exact) mass is 247 g/mol. The standard InChI is InChI=1S/C11H21NO5/c1-9(8-11(15)16)7-10(14)12-3-2-5-17-6-4-13/h9,13H,2-8H2,1H3,(H,12,14)(H,15,16). The van der Waals surface area contributed by atoms with Gasteiger partial charge in [-0.05, 0) is 12.3 Å². The van der Waals surface area contributed by atoms with E-state index in [2.05, 4.69) is 5.32 Å². The fourth-order valence-electron chi connectivity index (χ4n) is 1.33. The highest BCUT2D eigenvalue weighted by molar-refractivity contribution is 5.77. The third-order valence-corrected chi connectivity index (χ3v) is 2.08. The van der Waals surface area contributed by atoms with Gasteiger partial charge in [-0.1, -0.05) is 6.92 Å². The number of aliphatic carboxylic acids is 1. The van der Waals surface area contributed by atoms with Crippen LogP contribution >= 0.6 is 0 Å². The smallest absolute Gasteiger partial charge is 0.303 e. The van der Waals surface area contributed by atoms with Gasteiger partial charge >= 0.3 is 5.97 Å². The summed E-state index contributed by atoms with van der Waals surface area (Å²) in [5.41, 5.74) is 0. The lowest BCUT2D eigenvalue weighted by Crippen LogP contribution is -2.27. The molecule has 1 atom stereocenters. The van der Waals surface area contributed by atoms with Crippen LogP contribution in [0.15, 0.2) is 0 Å². The summed E-state index contributed by atoms with van der Waals surface area (Å²) in [7, 11) is 0. The summed E-state index contributed by atoms with van der Waals surface area (Å²) in [6.07, 6.45) is 0.913. The van der Waals surface area contributed by atoms with Crippen LogP contribution in [0.5, 0.6) is 0 Å². The lowest BCUT2D eigenvalue weighted by atomic mass is 10.0. The topological polar surface area (TPSA) is 95.9 Å². The van der Waals surface area contributed by atoms with Gasteiger partial charge in [0.2, 0.25) is 5.91 Å². The van der Waals surface area contributed by atoms with E-state index in [9.17, 15) is 9.59 Å². The zero-order valence-corrected chi connectivity index (χ0v) is 10.1. The predicted molar refractivity (Wildman–Crippen MR) is 61.6 cm³/mol. The Morgan fingerprint density at radius 2 is 2.00 bits per heavy atom. The Labute approximate surface area is 101 Å². The van der Waals surface area contributed by atoms with Gasteiger partial charge in [0.15, 0.2) is 0 Å². The predicted octanol–water partition coefficient (Wildman–Crippen LogP) is 0.00250. The van der Waals surface area contributed by atoms with Gasteiger partial charge in [0.1, 0.15) is 0 Å². The van der Waals surface area contributed by atoms with Gasteiger partial charge < -0.3 is 20.3 Å². The summed E-state index contributed by atoms with van der Waals surface area (Å²) in [5, 5.41) is 19.7. The van der Waals surface area contributed by atoms with E-state index in [-0.39, 0.29) is 31.3 Å². The van der Waals surface area contributed by atoms with Gasteiger partial charge in [-0.25, -0.2) is 0 Å². The fraction of sp³-hybridized carbons (Fsp3) is 0.818. The fourth-order valence-corrected chi connectivity index (χ4v) is 1.33. The summed E-state index contributed by atoms with van der Waals surface area (Å²) in [6, 6.07) is 0. The average Bonchev–Trinajstić information content (AvgIpc) is 2.21. The first-order chi connectivity index (χ1) is 8.06. The van der Waals surface area contributed by atoms with Gasteiger partial charge in [-0.3, -0.25) is 9.59 Å². The molecule has 100 valence electrons. The molecule has 0 aliphatic rings. The molecular weight excluding hydrogens is 226 g/mol. The van der Waals surface area contributed by atoms with Crippen molar-refractivity contribution in [1.82, 2.24) is 5.32 Å². The van der Waals surface area contributed by atoms with E-state index < -0.39 is 5.97 Å². The van der Waals surface area contributed by atoms with Crippen LogP contribution in [0.1, 0.15) is 26.2 Å². The van der Waals surface area contributed by atoms with Crippen molar-refractivity contribution < 1.29 is 24.5 Å². The minimum Gasteiger partial charge on any atom is -0.481 e. The molecule has 0 spiro atoms. The minimum absolute atomic E-state index is 0.000930. The highest BCUT2D eigenvalue weighted by Gasteiger charge is 2.11. The summed E-state index contributed by atoms with van der Waals surface area (Å²) < 4.78 is 5.02. The van der Waals surface area contributed by atoms with Crippen molar-refractivity contribution in [3.63, 3.8) is 0 Å². The molecule has 6 nitrogen and oxygen atoms in total. The van der Waals surface area contributed by atoms with E-state index in [4.69, 9.17) is 14.9 Å². The first-order valence-corrected chi connectivity index (χ1v) is 5.73. The molecule has 0 saturated heterocycles. The first-order valence-electron chi connectivity index (χ1n) is 5.73. The van der Waals surface area contributed by atoms with E-state index in [0.717, 1.165) is 0 Å². The minimum atomic E-state index is -0.886. The number of amides is 1. The summed E-state index contributed by atoms with van der Waals surface area (Å²) in [5.74, 6) is -1.18. The molecule has 1 unspecified atom stereocenters. The molecule has 0 aromatic carbocycles. The van der Waals surface area contributed by atoms with Gasteiger partial charge in [-0.2, -0.15) is 0 Å². The Kier molecular flexibility index (Phi) is 9.37. The third-order valence-electron chi connectivity index (χ3n) is 2.08. The van der Waals surface area contributed by atoms with Crippen LogP contribution in [-0.4, -0.2) is 48.5 Å². The molecule has 1 amide bonds. The van der Waals surface area contributed by atoms with E-state index >= 15 is 0 Å². The highest BCUT2D eigenvalue weighted by atomic mass is 16.5. The van der Waals surface area contributed by atoms with Gasteiger partial charge in [0.05, 0.1) is 13.2 Å². The number of carboxylic acids is 1. The van der Waals surface area contributed by atoms with E-state index in [1.54, 1.807) is 6.92 Å². The molecule has 0 bridgehead atoms. The lowest BCUT2D eigenvalue weighted by Gasteiger charge is -2.09. The van der Waals surface area contributed by atoms with Crippen LogP contribution in [0.2, 0.25) is 0 Å². The second-order valence-corrected chi connectivity index (χ2v) is 3.95. The molecule has 0 aliphatic heterocycles. The number of carbonyl (C=O) groups excluding carboxylic acids is 1. The molecular formula is C11H21NO5. The van der Waals surface area contributed by atoms with Gasteiger partial charge in [0, 0.05) is 26.0 Å². The molecule has 0 aliphatic carbocycles. The van der Waals surface area contributed by atoms with Crippen molar-refractivity contribution in [3.05, 3.63) is 0 Å².